The first kappa shape index (κ1) is 14.0. The number of ether oxygens (including phenoxy) is 1. The van der Waals surface area contributed by atoms with Crippen molar-refractivity contribution in [2.24, 2.45) is 11.8 Å². The molecule has 2 fully saturated rings. The van der Waals surface area contributed by atoms with E-state index in [2.05, 4.69) is 0 Å². The van der Waals surface area contributed by atoms with E-state index in [1.807, 2.05) is 0 Å². The topological polar surface area (TPSA) is 26.3 Å². The lowest BCUT2D eigenvalue weighted by Crippen LogP contribution is -2.23. The molecule has 0 amide bonds. The molecule has 2 saturated carbocycles. The van der Waals surface area contributed by atoms with Gasteiger partial charge in [-0.05, 0) is 31.6 Å². The Morgan fingerprint density at radius 1 is 0.833 bits per heavy atom. The van der Waals surface area contributed by atoms with Gasteiger partial charge in [-0.1, -0.05) is 44.9 Å². The summed E-state index contributed by atoms with van der Waals surface area (Å²) in [5, 5.41) is 0. The molecule has 0 aromatic rings. The molecule has 0 aromatic carbocycles. The lowest BCUT2D eigenvalue weighted by Gasteiger charge is -2.21. The first-order chi connectivity index (χ1) is 8.86. The van der Waals surface area contributed by atoms with Crippen LogP contribution in [0.2, 0.25) is 0 Å². The average Bonchev–Trinajstić information content (AvgIpc) is 2.68. The Hall–Kier alpha value is -0.370. The molecule has 2 heteroatoms. The van der Waals surface area contributed by atoms with Crippen LogP contribution in [-0.2, 0) is 9.53 Å². The second-order valence-corrected chi connectivity index (χ2v) is 6.17. The molecule has 2 aliphatic rings. The summed E-state index contributed by atoms with van der Waals surface area (Å²) in [5.41, 5.74) is 0. The zero-order valence-corrected chi connectivity index (χ0v) is 11.7. The number of rotatable bonds is 5. The number of hydrogen-bond acceptors (Lipinski definition) is 2. The van der Waals surface area contributed by atoms with Crippen LogP contribution in [0.15, 0.2) is 0 Å². The molecule has 0 aliphatic heterocycles. The van der Waals surface area contributed by atoms with Crippen LogP contribution in [0.5, 0.6) is 0 Å². The number of carbonyl (C=O) groups is 1. The molecule has 0 atom stereocenters. The molecule has 0 saturated heterocycles. The van der Waals surface area contributed by atoms with Crippen molar-refractivity contribution in [3.05, 3.63) is 0 Å². The van der Waals surface area contributed by atoms with E-state index in [-0.39, 0.29) is 0 Å². The second-order valence-electron chi connectivity index (χ2n) is 6.17. The largest absolute Gasteiger partial charge is 0.373 e. The maximum absolute atomic E-state index is 12.0. The molecule has 2 aliphatic carbocycles. The summed E-state index contributed by atoms with van der Waals surface area (Å²) in [6, 6.07) is 0. The van der Waals surface area contributed by atoms with Crippen LogP contribution in [0.4, 0.5) is 0 Å². The van der Waals surface area contributed by atoms with Crippen LogP contribution in [0.3, 0.4) is 0 Å². The fraction of sp³-hybridized carbons (Fsp3) is 0.938. The Morgan fingerprint density at radius 3 is 2.06 bits per heavy atom. The summed E-state index contributed by atoms with van der Waals surface area (Å²) in [6.07, 6.45) is 14.1. The van der Waals surface area contributed by atoms with E-state index in [1.54, 1.807) is 0 Å². The number of Topliss-reactive ketones (excluding diaryl/α,β-unsaturated/α-hetero) is 1. The van der Waals surface area contributed by atoms with Gasteiger partial charge in [0.15, 0.2) is 5.78 Å². The second kappa shape index (κ2) is 7.93. The summed E-state index contributed by atoms with van der Waals surface area (Å²) in [5.74, 6) is 1.39. The molecular weight excluding hydrogens is 224 g/mol. The van der Waals surface area contributed by atoms with Crippen LogP contribution in [-0.4, -0.2) is 19.0 Å². The van der Waals surface area contributed by atoms with E-state index in [9.17, 15) is 4.79 Å². The predicted octanol–water partition coefficient (Wildman–Crippen LogP) is 4.12. The van der Waals surface area contributed by atoms with Crippen molar-refractivity contribution >= 4 is 5.78 Å². The van der Waals surface area contributed by atoms with Gasteiger partial charge < -0.3 is 4.74 Å². The lowest BCUT2D eigenvalue weighted by molar-refractivity contribution is -0.129. The molecule has 0 unspecified atom stereocenters. The third-order valence-electron chi connectivity index (χ3n) is 4.63. The monoisotopic (exact) mass is 252 g/mol. The van der Waals surface area contributed by atoms with Crippen molar-refractivity contribution in [2.45, 2.75) is 70.6 Å². The molecule has 104 valence electrons. The molecule has 0 heterocycles. The zero-order valence-electron chi connectivity index (χ0n) is 11.7. The van der Waals surface area contributed by atoms with Crippen molar-refractivity contribution < 1.29 is 9.53 Å². The number of ketones is 1. The Morgan fingerprint density at radius 2 is 1.39 bits per heavy atom. The minimum Gasteiger partial charge on any atom is -0.373 e. The van der Waals surface area contributed by atoms with Gasteiger partial charge in [0.2, 0.25) is 0 Å². The van der Waals surface area contributed by atoms with Gasteiger partial charge >= 0.3 is 0 Å². The minimum absolute atomic E-state index is 0.313. The highest BCUT2D eigenvalue weighted by Gasteiger charge is 2.21. The van der Waals surface area contributed by atoms with Crippen LogP contribution < -0.4 is 0 Å². The normalized spacial score (nSPS) is 23.8. The Balaban J connectivity index is 1.60. The maximum Gasteiger partial charge on any atom is 0.161 e. The van der Waals surface area contributed by atoms with Crippen molar-refractivity contribution in [1.82, 2.24) is 0 Å². The molecule has 0 bridgehead atoms. The SMILES string of the molecule is O=C(COCC1CCCCCC1)C1CCCCC1. The Labute approximate surface area is 111 Å². The van der Waals surface area contributed by atoms with Gasteiger partial charge in [0.05, 0.1) is 0 Å². The molecule has 0 radical (unpaired) electrons. The number of carbonyl (C=O) groups excluding carboxylic acids is 1. The van der Waals surface area contributed by atoms with E-state index in [0.717, 1.165) is 19.4 Å². The highest BCUT2D eigenvalue weighted by atomic mass is 16.5. The summed E-state index contributed by atoms with van der Waals surface area (Å²) in [6.45, 7) is 1.19. The van der Waals surface area contributed by atoms with Gasteiger partial charge in [-0.15, -0.1) is 0 Å². The van der Waals surface area contributed by atoms with Crippen LogP contribution in [0.1, 0.15) is 70.6 Å². The van der Waals surface area contributed by atoms with Gasteiger partial charge in [0.25, 0.3) is 0 Å². The summed E-state index contributed by atoms with van der Waals surface area (Å²) < 4.78 is 5.69. The van der Waals surface area contributed by atoms with Crippen molar-refractivity contribution in [3.8, 4) is 0 Å². The zero-order chi connectivity index (χ0) is 12.6. The highest BCUT2D eigenvalue weighted by molar-refractivity contribution is 5.82. The van der Waals surface area contributed by atoms with Gasteiger partial charge in [-0.2, -0.15) is 0 Å². The minimum atomic E-state index is 0.313. The summed E-state index contributed by atoms with van der Waals surface area (Å²) in [4.78, 5) is 12.0. The fourth-order valence-corrected chi connectivity index (χ4v) is 3.40. The van der Waals surface area contributed by atoms with Crippen LogP contribution in [0.25, 0.3) is 0 Å². The summed E-state index contributed by atoms with van der Waals surface area (Å²) in [7, 11) is 0. The van der Waals surface area contributed by atoms with Gasteiger partial charge in [-0.3, -0.25) is 4.79 Å². The quantitative estimate of drug-likeness (QED) is 0.688. The molecule has 18 heavy (non-hydrogen) atoms. The highest BCUT2D eigenvalue weighted by Crippen LogP contribution is 2.25. The maximum atomic E-state index is 12.0. The van der Waals surface area contributed by atoms with E-state index in [4.69, 9.17) is 4.74 Å². The lowest BCUT2D eigenvalue weighted by atomic mass is 9.86. The van der Waals surface area contributed by atoms with E-state index in [1.165, 1.54) is 57.8 Å². The van der Waals surface area contributed by atoms with Crippen molar-refractivity contribution in [2.75, 3.05) is 13.2 Å². The van der Waals surface area contributed by atoms with Crippen molar-refractivity contribution in [1.29, 1.82) is 0 Å². The molecule has 0 spiro atoms. The molecule has 0 N–H and O–H groups in total. The smallest absolute Gasteiger partial charge is 0.161 e. The predicted molar refractivity (Wildman–Crippen MR) is 73.6 cm³/mol. The Bertz CT molecular complexity index is 235. The Kier molecular flexibility index (Phi) is 6.19. The van der Waals surface area contributed by atoms with Gasteiger partial charge in [-0.25, -0.2) is 0 Å². The molecule has 2 nitrogen and oxygen atoms in total. The van der Waals surface area contributed by atoms with Crippen LogP contribution in [0, 0.1) is 11.8 Å². The molecule has 2 rings (SSSR count). The third-order valence-corrected chi connectivity index (χ3v) is 4.63. The standard InChI is InChI=1S/C16H28O2/c17-16(15-10-6-3-7-11-15)13-18-12-14-8-4-1-2-5-9-14/h14-15H,1-13H2. The fourth-order valence-electron chi connectivity index (χ4n) is 3.40. The number of hydrogen-bond donors (Lipinski definition) is 0. The van der Waals surface area contributed by atoms with Crippen molar-refractivity contribution in [3.63, 3.8) is 0 Å². The van der Waals surface area contributed by atoms with E-state index >= 15 is 0 Å². The van der Waals surface area contributed by atoms with E-state index < -0.39 is 0 Å². The third kappa shape index (κ3) is 4.72. The van der Waals surface area contributed by atoms with Crippen LogP contribution >= 0.6 is 0 Å². The average molecular weight is 252 g/mol. The van der Waals surface area contributed by atoms with Gasteiger partial charge in [0.1, 0.15) is 6.61 Å². The van der Waals surface area contributed by atoms with E-state index in [0.29, 0.717) is 24.2 Å². The summed E-state index contributed by atoms with van der Waals surface area (Å²) >= 11 is 0. The van der Waals surface area contributed by atoms with Gasteiger partial charge in [0, 0.05) is 12.5 Å². The molecular formula is C16H28O2. The first-order valence-corrected chi connectivity index (χ1v) is 7.96. The first-order valence-electron chi connectivity index (χ1n) is 7.96. The molecule has 0 aromatic heterocycles.